The van der Waals surface area contributed by atoms with Crippen molar-refractivity contribution in [1.29, 1.82) is 0 Å². The van der Waals surface area contributed by atoms with Gasteiger partial charge in [-0.1, -0.05) is 12.1 Å². The summed E-state index contributed by atoms with van der Waals surface area (Å²) in [5, 5.41) is 7.33. The monoisotopic (exact) mass is 389 g/mol. The van der Waals surface area contributed by atoms with E-state index in [-0.39, 0.29) is 12.5 Å². The zero-order valence-electron chi connectivity index (χ0n) is 16.5. The first-order valence-corrected chi connectivity index (χ1v) is 9.49. The van der Waals surface area contributed by atoms with Gasteiger partial charge < -0.3 is 20.3 Å². The second-order valence-corrected chi connectivity index (χ2v) is 7.55. The second kappa shape index (κ2) is 9.91. The summed E-state index contributed by atoms with van der Waals surface area (Å²) in [5.41, 5.74) is 2.10. The Morgan fingerprint density at radius 3 is 2.48 bits per heavy atom. The third-order valence-electron chi connectivity index (χ3n) is 3.96. The molecule has 0 radical (unpaired) electrons. The predicted molar refractivity (Wildman–Crippen MR) is 109 cm³/mol. The van der Waals surface area contributed by atoms with Crippen LogP contribution < -0.4 is 15.4 Å². The fourth-order valence-electron chi connectivity index (χ4n) is 2.17. The highest BCUT2D eigenvalue weighted by Crippen LogP contribution is 2.16. The van der Waals surface area contributed by atoms with Crippen LogP contribution in [0.3, 0.4) is 0 Å². The Kier molecular flexibility index (Phi) is 7.60. The number of nitrogens with one attached hydrogen (secondary N) is 2. The lowest BCUT2D eigenvalue weighted by Gasteiger charge is -2.14. The summed E-state index contributed by atoms with van der Waals surface area (Å²) in [6.45, 7) is 5.29. The topological polar surface area (TPSA) is 78.8 Å². The number of hydrogen-bond acceptors (Lipinski definition) is 5. The molecule has 1 amide bonds. The van der Waals surface area contributed by atoms with Gasteiger partial charge in [0, 0.05) is 19.0 Å². The molecule has 146 valence electrons. The Morgan fingerprint density at radius 1 is 1.22 bits per heavy atom. The third-order valence-corrected chi connectivity index (χ3v) is 5.04. The summed E-state index contributed by atoms with van der Waals surface area (Å²) < 4.78 is 5.17. The highest BCUT2D eigenvalue weighted by molar-refractivity contribution is 7.11. The standard InChI is InChI=1S/C19H27N5O2S/c1-13-14(2)27-17(23-13)11-21-19(22-12-18(25)24(3)4)20-10-15-6-8-16(26-5)9-7-15/h6-9H,10-12H2,1-5H3,(H2,20,21,22). The lowest BCUT2D eigenvalue weighted by molar-refractivity contribution is -0.127. The van der Waals surface area contributed by atoms with E-state index < -0.39 is 0 Å². The molecule has 2 rings (SSSR count). The van der Waals surface area contributed by atoms with Crippen molar-refractivity contribution in [2.24, 2.45) is 4.99 Å². The van der Waals surface area contributed by atoms with E-state index in [0.29, 0.717) is 19.0 Å². The van der Waals surface area contributed by atoms with Crippen molar-refractivity contribution in [2.75, 3.05) is 27.7 Å². The lowest BCUT2D eigenvalue weighted by atomic mass is 10.2. The molecule has 2 aromatic rings. The number of methoxy groups -OCH3 is 1. The lowest BCUT2D eigenvalue weighted by Crippen LogP contribution is -2.42. The Labute approximate surface area is 164 Å². The molecule has 0 atom stereocenters. The highest BCUT2D eigenvalue weighted by atomic mass is 32.1. The first-order valence-electron chi connectivity index (χ1n) is 8.67. The molecule has 2 N–H and O–H groups in total. The molecular weight excluding hydrogens is 362 g/mol. The van der Waals surface area contributed by atoms with Crippen molar-refractivity contribution < 1.29 is 9.53 Å². The quantitative estimate of drug-likeness (QED) is 0.560. The number of ether oxygens (including phenoxy) is 1. The molecule has 27 heavy (non-hydrogen) atoms. The third kappa shape index (κ3) is 6.56. The molecule has 1 heterocycles. The van der Waals surface area contributed by atoms with Gasteiger partial charge in [0.05, 0.1) is 32.4 Å². The number of nitrogens with zero attached hydrogens (tertiary/aromatic N) is 3. The van der Waals surface area contributed by atoms with Crippen LogP contribution in [0.15, 0.2) is 29.3 Å². The van der Waals surface area contributed by atoms with E-state index in [1.807, 2.05) is 31.2 Å². The molecule has 1 aromatic carbocycles. The molecule has 0 unspecified atom stereocenters. The predicted octanol–water partition coefficient (Wildman–Crippen LogP) is 2.09. The fraction of sp³-hybridized carbons (Fsp3) is 0.421. The maximum Gasteiger partial charge on any atom is 0.241 e. The number of guanidine groups is 1. The van der Waals surface area contributed by atoms with Crippen LogP contribution in [0.5, 0.6) is 5.75 Å². The molecule has 0 bridgehead atoms. The molecule has 1 aromatic heterocycles. The Balaban J connectivity index is 2.03. The average Bonchev–Trinajstić information content (AvgIpc) is 2.98. The zero-order chi connectivity index (χ0) is 19.8. The van der Waals surface area contributed by atoms with Gasteiger partial charge in [-0.3, -0.25) is 4.79 Å². The van der Waals surface area contributed by atoms with Crippen LogP contribution in [-0.2, 0) is 17.9 Å². The van der Waals surface area contributed by atoms with Gasteiger partial charge in [0.2, 0.25) is 5.91 Å². The molecule has 0 saturated heterocycles. The van der Waals surface area contributed by atoms with Crippen molar-refractivity contribution in [2.45, 2.75) is 26.9 Å². The number of carbonyl (C=O) groups is 1. The van der Waals surface area contributed by atoms with Gasteiger partial charge in [0.25, 0.3) is 0 Å². The molecule has 0 saturated carbocycles. The number of carbonyl (C=O) groups excluding carboxylic acids is 1. The van der Waals surface area contributed by atoms with Gasteiger partial charge in [0.1, 0.15) is 10.8 Å². The van der Waals surface area contributed by atoms with Gasteiger partial charge in [-0.25, -0.2) is 9.98 Å². The van der Waals surface area contributed by atoms with Crippen molar-refractivity contribution in [3.05, 3.63) is 45.4 Å². The van der Waals surface area contributed by atoms with Gasteiger partial charge in [-0.05, 0) is 31.5 Å². The normalized spacial score (nSPS) is 11.2. The van der Waals surface area contributed by atoms with Crippen molar-refractivity contribution in [1.82, 2.24) is 20.5 Å². The molecule has 8 heteroatoms. The number of benzene rings is 1. The van der Waals surface area contributed by atoms with Crippen molar-refractivity contribution in [3.63, 3.8) is 0 Å². The van der Waals surface area contributed by atoms with Crippen LogP contribution in [0.4, 0.5) is 0 Å². The number of aryl methyl sites for hydroxylation is 2. The second-order valence-electron chi connectivity index (χ2n) is 6.26. The summed E-state index contributed by atoms with van der Waals surface area (Å²) in [6, 6.07) is 7.75. The molecule has 7 nitrogen and oxygen atoms in total. The maximum atomic E-state index is 11.9. The van der Waals surface area contributed by atoms with E-state index in [2.05, 4.69) is 27.5 Å². The van der Waals surface area contributed by atoms with E-state index >= 15 is 0 Å². The average molecular weight is 390 g/mol. The zero-order valence-corrected chi connectivity index (χ0v) is 17.3. The summed E-state index contributed by atoms with van der Waals surface area (Å²) in [7, 11) is 5.10. The first-order chi connectivity index (χ1) is 12.9. The minimum absolute atomic E-state index is 0.0186. The van der Waals surface area contributed by atoms with Crippen LogP contribution in [0.1, 0.15) is 21.1 Å². The molecule has 0 aliphatic carbocycles. The summed E-state index contributed by atoms with van der Waals surface area (Å²) in [6.07, 6.45) is 0. The number of hydrogen-bond donors (Lipinski definition) is 2. The SMILES string of the molecule is COc1ccc(CN=C(NCC(=O)N(C)C)NCc2nc(C)c(C)s2)cc1. The number of amides is 1. The highest BCUT2D eigenvalue weighted by Gasteiger charge is 2.08. The number of thiazole rings is 1. The first kappa shape index (κ1) is 20.7. The number of rotatable bonds is 7. The fourth-order valence-corrected chi connectivity index (χ4v) is 3.04. The van der Waals surface area contributed by atoms with Crippen LogP contribution in [0.2, 0.25) is 0 Å². The summed E-state index contributed by atoms with van der Waals surface area (Å²) in [5.74, 6) is 1.37. The van der Waals surface area contributed by atoms with Crippen LogP contribution in [-0.4, -0.2) is 49.5 Å². The van der Waals surface area contributed by atoms with Crippen LogP contribution >= 0.6 is 11.3 Å². The smallest absolute Gasteiger partial charge is 0.241 e. The minimum Gasteiger partial charge on any atom is -0.497 e. The van der Waals surface area contributed by atoms with E-state index in [0.717, 1.165) is 22.0 Å². The molecule has 0 aliphatic heterocycles. The van der Waals surface area contributed by atoms with Gasteiger partial charge in [-0.2, -0.15) is 0 Å². The Hall–Kier alpha value is -2.61. The number of aromatic nitrogens is 1. The van der Waals surface area contributed by atoms with E-state index in [9.17, 15) is 4.79 Å². The molecule has 0 fully saturated rings. The van der Waals surface area contributed by atoms with Crippen molar-refractivity contribution in [3.8, 4) is 5.75 Å². The van der Waals surface area contributed by atoms with Crippen LogP contribution in [0, 0.1) is 13.8 Å². The van der Waals surface area contributed by atoms with Crippen LogP contribution in [0.25, 0.3) is 0 Å². The summed E-state index contributed by atoms with van der Waals surface area (Å²) in [4.78, 5) is 23.7. The number of aliphatic imine (C=N–C) groups is 1. The van der Waals surface area contributed by atoms with Crippen molar-refractivity contribution >= 4 is 23.2 Å². The summed E-state index contributed by atoms with van der Waals surface area (Å²) >= 11 is 1.66. The van der Waals surface area contributed by atoms with Gasteiger partial charge in [0.15, 0.2) is 5.96 Å². The van der Waals surface area contributed by atoms with Gasteiger partial charge in [-0.15, -0.1) is 11.3 Å². The van der Waals surface area contributed by atoms with E-state index in [1.54, 1.807) is 37.4 Å². The maximum absolute atomic E-state index is 11.9. The molecule has 0 spiro atoms. The largest absolute Gasteiger partial charge is 0.497 e. The molecule has 0 aliphatic rings. The van der Waals surface area contributed by atoms with E-state index in [4.69, 9.17) is 4.74 Å². The van der Waals surface area contributed by atoms with Gasteiger partial charge >= 0.3 is 0 Å². The Morgan fingerprint density at radius 2 is 1.93 bits per heavy atom. The van der Waals surface area contributed by atoms with E-state index in [1.165, 1.54) is 4.88 Å². The Bertz CT molecular complexity index is 764. The molecular formula is C19H27N5O2S. The number of likely N-dealkylation sites (N-methyl/N-ethyl adjacent to an activating group) is 1. The minimum atomic E-state index is -0.0186.